The number of amides is 1. The zero-order valence-electron chi connectivity index (χ0n) is 15.5. The van der Waals surface area contributed by atoms with Crippen molar-refractivity contribution in [3.63, 3.8) is 0 Å². The number of benzene rings is 2. The Morgan fingerprint density at radius 1 is 1.31 bits per heavy atom. The molecule has 6 nitrogen and oxygen atoms in total. The highest BCUT2D eigenvalue weighted by Gasteiger charge is 2.49. The maximum absolute atomic E-state index is 12.5. The first-order valence-corrected chi connectivity index (χ1v) is 10.4. The summed E-state index contributed by atoms with van der Waals surface area (Å²) in [6.45, 7) is 1.82. The Morgan fingerprint density at radius 3 is 2.83 bits per heavy atom. The standard InChI is InChI=1S/C21H17N3O3S2/c1-2-21(20(26)27,18-13-5-3-4-6-14(13)19(25)24-23-18)10-17-22-15-9-12(11-28)7-8-16(15)29-17/h3-9,11,18H,2,10H2,1H3,(H,26,27). The Hall–Kier alpha value is -2.84. The fourth-order valence-electron chi connectivity index (χ4n) is 3.73. The van der Waals surface area contributed by atoms with Crippen molar-refractivity contribution in [1.29, 1.82) is 0 Å². The molecular weight excluding hydrogens is 406 g/mol. The van der Waals surface area contributed by atoms with Crippen LogP contribution >= 0.6 is 23.6 Å². The number of fused-ring (bicyclic) bond motifs is 2. The SMILES string of the molecule is CCC(Cc1nc2cc(C=S)ccc2s1)(C(=O)O)C1N=NC(=O)c2ccccc21. The fourth-order valence-corrected chi connectivity index (χ4v) is 4.95. The van der Waals surface area contributed by atoms with Gasteiger partial charge in [-0.25, -0.2) is 4.98 Å². The number of nitrogens with zero attached hydrogens (tertiary/aromatic N) is 3. The number of carboxylic acid groups (broad SMARTS) is 1. The van der Waals surface area contributed by atoms with Gasteiger partial charge in [0.2, 0.25) is 0 Å². The Bertz CT molecular complexity index is 1170. The van der Waals surface area contributed by atoms with Crippen molar-refractivity contribution in [3.05, 3.63) is 64.2 Å². The zero-order valence-corrected chi connectivity index (χ0v) is 17.2. The van der Waals surface area contributed by atoms with Crippen LogP contribution in [0.3, 0.4) is 0 Å². The molecule has 1 N–H and O–H groups in total. The van der Waals surface area contributed by atoms with Crippen LogP contribution in [0.1, 0.15) is 45.9 Å². The minimum atomic E-state index is -1.26. The number of thiocarbonyl (C=S) groups is 1. The summed E-state index contributed by atoms with van der Waals surface area (Å²) in [5, 5.41) is 20.4. The summed E-state index contributed by atoms with van der Waals surface area (Å²) < 4.78 is 0.969. The Morgan fingerprint density at radius 2 is 2.10 bits per heavy atom. The van der Waals surface area contributed by atoms with Gasteiger partial charge in [-0.2, -0.15) is 5.11 Å². The summed E-state index contributed by atoms with van der Waals surface area (Å²) in [6.07, 6.45) is 0.507. The Balaban J connectivity index is 1.81. The van der Waals surface area contributed by atoms with E-state index in [4.69, 9.17) is 12.2 Å². The molecule has 1 amide bonds. The van der Waals surface area contributed by atoms with E-state index in [-0.39, 0.29) is 6.42 Å². The van der Waals surface area contributed by atoms with Gasteiger partial charge in [-0.3, -0.25) is 9.59 Å². The van der Waals surface area contributed by atoms with Gasteiger partial charge in [-0.1, -0.05) is 43.4 Å². The molecule has 2 atom stereocenters. The van der Waals surface area contributed by atoms with Gasteiger partial charge in [0.05, 0.1) is 15.2 Å². The molecule has 146 valence electrons. The maximum Gasteiger partial charge on any atom is 0.312 e. The first-order chi connectivity index (χ1) is 14.0. The molecule has 8 heteroatoms. The smallest absolute Gasteiger partial charge is 0.312 e. The molecule has 2 unspecified atom stereocenters. The second-order valence-corrected chi connectivity index (χ2v) is 8.31. The summed E-state index contributed by atoms with van der Waals surface area (Å²) in [6, 6.07) is 11.9. The second kappa shape index (κ2) is 7.53. The molecule has 0 bridgehead atoms. The summed E-state index contributed by atoms with van der Waals surface area (Å²) in [5.74, 6) is -1.42. The van der Waals surface area contributed by atoms with Crippen LogP contribution in [-0.2, 0) is 11.2 Å². The number of carboxylic acids is 1. The molecule has 0 saturated carbocycles. The third-order valence-electron chi connectivity index (χ3n) is 5.39. The molecule has 1 aromatic heterocycles. The molecule has 2 aromatic carbocycles. The number of thiazole rings is 1. The van der Waals surface area contributed by atoms with Gasteiger partial charge < -0.3 is 5.11 Å². The van der Waals surface area contributed by atoms with Crippen LogP contribution in [0.25, 0.3) is 10.2 Å². The second-order valence-electron chi connectivity index (χ2n) is 6.95. The van der Waals surface area contributed by atoms with Gasteiger partial charge in [0.1, 0.15) is 11.5 Å². The molecule has 1 aliphatic heterocycles. The molecule has 0 spiro atoms. The minimum absolute atomic E-state index is 0.192. The highest BCUT2D eigenvalue weighted by molar-refractivity contribution is 7.79. The summed E-state index contributed by atoms with van der Waals surface area (Å²) >= 11 is 6.44. The third kappa shape index (κ3) is 3.28. The average molecular weight is 424 g/mol. The molecule has 29 heavy (non-hydrogen) atoms. The van der Waals surface area contributed by atoms with E-state index in [0.717, 1.165) is 15.8 Å². The monoisotopic (exact) mass is 423 g/mol. The van der Waals surface area contributed by atoms with Crippen LogP contribution in [0, 0.1) is 5.41 Å². The van der Waals surface area contributed by atoms with Crippen molar-refractivity contribution in [3.8, 4) is 0 Å². The molecule has 0 saturated heterocycles. The number of azo groups is 1. The van der Waals surface area contributed by atoms with E-state index in [0.29, 0.717) is 22.6 Å². The van der Waals surface area contributed by atoms with Gasteiger partial charge in [0.25, 0.3) is 5.91 Å². The van der Waals surface area contributed by atoms with Crippen LogP contribution in [0.5, 0.6) is 0 Å². The lowest BCUT2D eigenvalue weighted by Crippen LogP contribution is -2.39. The van der Waals surface area contributed by atoms with Crippen LogP contribution < -0.4 is 0 Å². The summed E-state index contributed by atoms with van der Waals surface area (Å²) in [7, 11) is 0. The molecule has 3 aromatic rings. The summed E-state index contributed by atoms with van der Waals surface area (Å²) in [4.78, 5) is 29.3. The quantitative estimate of drug-likeness (QED) is 0.562. The first kappa shape index (κ1) is 19.5. The molecule has 2 heterocycles. The Labute approximate surface area is 176 Å². The van der Waals surface area contributed by atoms with Gasteiger partial charge in [0.15, 0.2) is 0 Å². The lowest BCUT2D eigenvalue weighted by Gasteiger charge is -2.34. The molecular formula is C21H17N3O3S2. The number of hydrogen-bond acceptors (Lipinski definition) is 6. The van der Waals surface area contributed by atoms with Gasteiger partial charge in [-0.15, -0.1) is 16.5 Å². The van der Waals surface area contributed by atoms with Gasteiger partial charge in [-0.05, 0) is 35.7 Å². The highest BCUT2D eigenvalue weighted by Crippen LogP contribution is 2.47. The van der Waals surface area contributed by atoms with Gasteiger partial charge >= 0.3 is 5.97 Å². The van der Waals surface area contributed by atoms with E-state index >= 15 is 0 Å². The molecule has 0 radical (unpaired) electrons. The van der Waals surface area contributed by atoms with Crippen molar-refractivity contribution in [2.75, 3.05) is 0 Å². The lowest BCUT2D eigenvalue weighted by molar-refractivity contribution is -0.151. The Kier molecular flexibility index (Phi) is 5.06. The fraction of sp³-hybridized carbons (Fsp3) is 0.238. The van der Waals surface area contributed by atoms with Crippen LogP contribution in [0.15, 0.2) is 52.7 Å². The van der Waals surface area contributed by atoms with Crippen molar-refractivity contribution in [2.45, 2.75) is 25.8 Å². The molecule has 1 aliphatic rings. The number of carbonyl (C=O) groups excluding carboxylic acids is 1. The number of rotatable bonds is 6. The normalized spacial score (nSPS) is 17.7. The molecule has 4 rings (SSSR count). The topological polar surface area (TPSA) is 92.0 Å². The van der Waals surface area contributed by atoms with Crippen molar-refractivity contribution in [2.24, 2.45) is 15.6 Å². The van der Waals surface area contributed by atoms with E-state index in [1.165, 1.54) is 11.3 Å². The lowest BCUT2D eigenvalue weighted by atomic mass is 9.71. The van der Waals surface area contributed by atoms with E-state index in [9.17, 15) is 14.7 Å². The number of hydrogen-bond donors (Lipinski definition) is 1. The van der Waals surface area contributed by atoms with Crippen molar-refractivity contribution < 1.29 is 14.7 Å². The summed E-state index contributed by atoms with van der Waals surface area (Å²) in [5.41, 5.74) is 1.42. The van der Waals surface area contributed by atoms with Crippen LogP contribution in [0.4, 0.5) is 0 Å². The van der Waals surface area contributed by atoms with E-state index in [1.54, 1.807) is 29.6 Å². The molecule has 0 aliphatic carbocycles. The van der Waals surface area contributed by atoms with Crippen molar-refractivity contribution in [1.82, 2.24) is 4.98 Å². The van der Waals surface area contributed by atoms with Gasteiger partial charge in [0, 0.05) is 17.4 Å². The highest BCUT2D eigenvalue weighted by atomic mass is 32.1. The first-order valence-electron chi connectivity index (χ1n) is 9.10. The van der Waals surface area contributed by atoms with Crippen molar-refractivity contribution >= 4 is 51.0 Å². The van der Waals surface area contributed by atoms with Crippen LogP contribution in [-0.4, -0.2) is 27.3 Å². The van der Waals surface area contributed by atoms with Crippen LogP contribution in [0.2, 0.25) is 0 Å². The maximum atomic E-state index is 12.5. The predicted molar refractivity (Wildman–Crippen MR) is 115 cm³/mol. The minimum Gasteiger partial charge on any atom is -0.481 e. The average Bonchev–Trinajstić information content (AvgIpc) is 3.14. The third-order valence-corrected chi connectivity index (χ3v) is 6.70. The number of aliphatic carboxylic acids is 1. The number of aromatic nitrogens is 1. The predicted octanol–water partition coefficient (Wildman–Crippen LogP) is 5.01. The number of carbonyl (C=O) groups is 2. The molecule has 0 fully saturated rings. The van der Waals surface area contributed by atoms with E-state index < -0.39 is 23.3 Å². The zero-order chi connectivity index (χ0) is 20.6. The van der Waals surface area contributed by atoms with E-state index in [1.807, 2.05) is 25.1 Å². The van der Waals surface area contributed by atoms with E-state index in [2.05, 4.69) is 15.2 Å². The largest absolute Gasteiger partial charge is 0.481 e.